The van der Waals surface area contributed by atoms with Crippen LogP contribution >= 0.6 is 0 Å². The van der Waals surface area contributed by atoms with Gasteiger partial charge < -0.3 is 30.1 Å². The van der Waals surface area contributed by atoms with Crippen LogP contribution in [0, 0.1) is 11.8 Å². The molecule has 4 aliphatic rings. The van der Waals surface area contributed by atoms with E-state index in [1.165, 1.54) is 4.90 Å². The molecule has 0 aliphatic carbocycles. The van der Waals surface area contributed by atoms with E-state index in [0.717, 1.165) is 19.5 Å². The fourth-order valence-electron chi connectivity index (χ4n) is 6.12. The number of ether oxygens (including phenoxy) is 2. The molecular weight excluding hydrogens is 428 g/mol. The van der Waals surface area contributed by atoms with Gasteiger partial charge in [0.15, 0.2) is 0 Å². The van der Waals surface area contributed by atoms with E-state index in [-0.39, 0.29) is 30.4 Å². The van der Waals surface area contributed by atoms with E-state index >= 15 is 0 Å². The minimum atomic E-state index is -1.01. The highest BCUT2D eigenvalue weighted by Crippen LogP contribution is 2.58. The first-order chi connectivity index (χ1) is 16.0. The molecule has 10 nitrogen and oxygen atoms in total. The maximum Gasteiger partial charge on any atom is 0.245 e. The number of nitrogens with one attached hydrogen (secondary N) is 2. The van der Waals surface area contributed by atoms with E-state index in [1.807, 2.05) is 13.8 Å². The summed E-state index contributed by atoms with van der Waals surface area (Å²) in [5, 5.41) is 15.9. The molecule has 4 aliphatic heterocycles. The van der Waals surface area contributed by atoms with Gasteiger partial charge >= 0.3 is 0 Å². The molecule has 0 aromatic carbocycles. The van der Waals surface area contributed by atoms with Crippen molar-refractivity contribution >= 4 is 17.7 Å². The molecule has 4 heterocycles. The Hall–Kier alpha value is -1.75. The van der Waals surface area contributed by atoms with Gasteiger partial charge in [0.1, 0.15) is 11.6 Å². The van der Waals surface area contributed by atoms with Crippen molar-refractivity contribution < 1.29 is 29.0 Å². The number of hydrogen-bond donors (Lipinski definition) is 3. The number of aliphatic hydroxyl groups is 1. The Morgan fingerprint density at radius 1 is 1.18 bits per heavy atom. The van der Waals surface area contributed by atoms with Crippen LogP contribution in [0.5, 0.6) is 0 Å². The number of morpholine rings is 1. The Labute approximate surface area is 195 Å². The summed E-state index contributed by atoms with van der Waals surface area (Å²) in [6, 6.07) is -1.33. The summed E-state index contributed by atoms with van der Waals surface area (Å²) >= 11 is 0. The standard InChI is InChI=1S/C23H38N4O6/c1-3-7-24-20(29)17-16-5-6-23(33-16)18(17)22(31)27(15(4-2)14-28)19(23)21(30)25-8-9-26-10-12-32-13-11-26/h15-19,28H,3-14H2,1-2H3,(H,24,29)(H,25,30)/t15-,16+,17-,18-,19?,23?/m0/s1. The van der Waals surface area contributed by atoms with Crippen LogP contribution in [0.3, 0.4) is 0 Å². The zero-order chi connectivity index (χ0) is 23.6. The average molecular weight is 467 g/mol. The van der Waals surface area contributed by atoms with E-state index in [1.54, 1.807) is 0 Å². The first-order valence-electron chi connectivity index (χ1n) is 12.4. The number of amides is 3. The van der Waals surface area contributed by atoms with Crippen LogP contribution in [0.25, 0.3) is 0 Å². The van der Waals surface area contributed by atoms with Gasteiger partial charge in [-0.05, 0) is 25.7 Å². The molecule has 2 unspecified atom stereocenters. The molecule has 4 fully saturated rings. The lowest BCUT2D eigenvalue weighted by Crippen LogP contribution is -2.58. The summed E-state index contributed by atoms with van der Waals surface area (Å²) in [6.07, 6.45) is 2.17. The second-order valence-corrected chi connectivity index (χ2v) is 9.58. The Bertz CT molecular complexity index is 740. The average Bonchev–Trinajstić information content (AvgIpc) is 3.47. The number of carbonyl (C=O) groups excluding carboxylic acids is 3. The number of carbonyl (C=O) groups is 3. The van der Waals surface area contributed by atoms with Crippen LogP contribution in [-0.2, 0) is 23.9 Å². The molecule has 4 rings (SSSR count). The normalized spacial score (nSPS) is 34.4. The van der Waals surface area contributed by atoms with Crippen LogP contribution in [0.15, 0.2) is 0 Å². The largest absolute Gasteiger partial charge is 0.394 e. The fraction of sp³-hybridized carbons (Fsp3) is 0.870. The zero-order valence-electron chi connectivity index (χ0n) is 19.8. The second kappa shape index (κ2) is 10.2. The van der Waals surface area contributed by atoms with E-state index in [4.69, 9.17) is 9.47 Å². The van der Waals surface area contributed by atoms with Gasteiger partial charge in [-0.2, -0.15) is 0 Å². The molecule has 186 valence electrons. The first-order valence-corrected chi connectivity index (χ1v) is 12.4. The Morgan fingerprint density at radius 2 is 1.91 bits per heavy atom. The maximum absolute atomic E-state index is 13.7. The highest BCUT2D eigenvalue weighted by Gasteiger charge is 2.74. The predicted octanol–water partition coefficient (Wildman–Crippen LogP) is -0.893. The summed E-state index contributed by atoms with van der Waals surface area (Å²) in [5.41, 5.74) is -1.01. The molecule has 6 atom stereocenters. The lowest BCUT2D eigenvalue weighted by Gasteiger charge is -2.36. The maximum atomic E-state index is 13.7. The fourth-order valence-corrected chi connectivity index (χ4v) is 6.12. The van der Waals surface area contributed by atoms with E-state index < -0.39 is 29.5 Å². The molecule has 0 radical (unpaired) electrons. The molecule has 3 amide bonds. The van der Waals surface area contributed by atoms with Gasteiger partial charge in [-0.15, -0.1) is 0 Å². The monoisotopic (exact) mass is 466 g/mol. The van der Waals surface area contributed by atoms with Gasteiger partial charge in [0.05, 0.1) is 43.8 Å². The Morgan fingerprint density at radius 3 is 2.58 bits per heavy atom. The Kier molecular flexibility index (Phi) is 7.57. The Balaban J connectivity index is 1.55. The van der Waals surface area contributed by atoms with E-state index in [9.17, 15) is 19.5 Å². The van der Waals surface area contributed by atoms with E-state index in [0.29, 0.717) is 52.1 Å². The SMILES string of the molecule is CCCNC(=O)[C@@H]1[C@H]2C(=O)N([C@@H](CC)CO)C(C(=O)NCCN3CCOCC3)C23CC[C@H]1O3. The molecule has 1 spiro atoms. The molecule has 0 aromatic heterocycles. The summed E-state index contributed by atoms with van der Waals surface area (Å²) in [4.78, 5) is 44.0. The van der Waals surface area contributed by atoms with Gasteiger partial charge in [-0.3, -0.25) is 19.3 Å². The number of likely N-dealkylation sites (tertiary alicyclic amines) is 1. The summed E-state index contributed by atoms with van der Waals surface area (Å²) < 4.78 is 11.7. The molecule has 2 bridgehead atoms. The third-order valence-corrected chi connectivity index (χ3v) is 7.74. The topological polar surface area (TPSA) is 120 Å². The number of nitrogens with zero attached hydrogens (tertiary/aromatic N) is 2. The van der Waals surface area contributed by atoms with Gasteiger partial charge in [0.2, 0.25) is 17.7 Å². The van der Waals surface area contributed by atoms with Crippen LogP contribution in [0.4, 0.5) is 0 Å². The minimum absolute atomic E-state index is 0.174. The second-order valence-electron chi connectivity index (χ2n) is 9.58. The van der Waals surface area contributed by atoms with Crippen LogP contribution in [0.2, 0.25) is 0 Å². The molecule has 3 N–H and O–H groups in total. The number of fused-ring (bicyclic) bond motifs is 1. The molecular formula is C23H38N4O6. The molecule has 33 heavy (non-hydrogen) atoms. The van der Waals surface area contributed by atoms with Crippen molar-refractivity contribution in [3.8, 4) is 0 Å². The lowest BCUT2D eigenvalue weighted by atomic mass is 9.70. The highest BCUT2D eigenvalue weighted by atomic mass is 16.5. The van der Waals surface area contributed by atoms with Gasteiger partial charge in [0.25, 0.3) is 0 Å². The van der Waals surface area contributed by atoms with Crippen molar-refractivity contribution in [1.29, 1.82) is 0 Å². The molecule has 4 saturated heterocycles. The number of rotatable bonds is 10. The molecule has 0 aromatic rings. The van der Waals surface area contributed by atoms with Crippen LogP contribution in [-0.4, -0.2) is 109 Å². The van der Waals surface area contributed by atoms with Crippen LogP contribution < -0.4 is 10.6 Å². The quantitative estimate of drug-likeness (QED) is 0.382. The van der Waals surface area contributed by atoms with Crippen molar-refractivity contribution in [2.24, 2.45) is 11.8 Å². The van der Waals surface area contributed by atoms with Gasteiger partial charge in [0, 0.05) is 32.7 Å². The predicted molar refractivity (Wildman–Crippen MR) is 119 cm³/mol. The summed E-state index contributed by atoms with van der Waals surface area (Å²) in [6.45, 7) is 8.37. The lowest BCUT2D eigenvalue weighted by molar-refractivity contribution is -0.145. The van der Waals surface area contributed by atoms with Crippen molar-refractivity contribution in [2.45, 2.75) is 63.3 Å². The number of aliphatic hydroxyl groups excluding tert-OH is 1. The first kappa shape index (κ1) is 24.4. The summed E-state index contributed by atoms with van der Waals surface area (Å²) in [7, 11) is 0. The van der Waals surface area contributed by atoms with Crippen molar-refractivity contribution in [3.63, 3.8) is 0 Å². The van der Waals surface area contributed by atoms with Crippen molar-refractivity contribution in [3.05, 3.63) is 0 Å². The highest BCUT2D eigenvalue weighted by molar-refractivity contribution is 5.99. The molecule has 0 saturated carbocycles. The third kappa shape index (κ3) is 4.26. The van der Waals surface area contributed by atoms with Gasteiger partial charge in [-0.25, -0.2) is 0 Å². The zero-order valence-corrected chi connectivity index (χ0v) is 19.8. The smallest absolute Gasteiger partial charge is 0.245 e. The van der Waals surface area contributed by atoms with E-state index in [2.05, 4.69) is 15.5 Å². The summed E-state index contributed by atoms with van der Waals surface area (Å²) in [5.74, 6) is -1.97. The van der Waals surface area contributed by atoms with Crippen molar-refractivity contribution in [1.82, 2.24) is 20.4 Å². The van der Waals surface area contributed by atoms with Crippen LogP contribution in [0.1, 0.15) is 39.5 Å². The van der Waals surface area contributed by atoms with Crippen molar-refractivity contribution in [2.75, 3.05) is 52.5 Å². The minimum Gasteiger partial charge on any atom is -0.394 e. The molecule has 10 heteroatoms. The van der Waals surface area contributed by atoms with Gasteiger partial charge in [-0.1, -0.05) is 13.8 Å². The number of hydrogen-bond acceptors (Lipinski definition) is 7. The third-order valence-electron chi connectivity index (χ3n) is 7.74.